The van der Waals surface area contributed by atoms with E-state index in [1.54, 1.807) is 12.0 Å². The molecule has 2 aromatic carbocycles. The summed E-state index contributed by atoms with van der Waals surface area (Å²) in [7, 11) is 5.40. The molecule has 0 radical (unpaired) electrons. The number of halogens is 1. The van der Waals surface area contributed by atoms with Gasteiger partial charge >= 0.3 is 0 Å². The van der Waals surface area contributed by atoms with Gasteiger partial charge in [0.25, 0.3) is 0 Å². The van der Waals surface area contributed by atoms with Gasteiger partial charge in [-0.05, 0) is 48.4 Å². The van der Waals surface area contributed by atoms with E-state index in [1.807, 2.05) is 62.6 Å². The van der Waals surface area contributed by atoms with Crippen molar-refractivity contribution in [1.29, 1.82) is 0 Å². The Morgan fingerprint density at radius 1 is 0.958 bits per heavy atom. The van der Waals surface area contributed by atoms with Crippen LogP contribution in [0.3, 0.4) is 0 Å². The summed E-state index contributed by atoms with van der Waals surface area (Å²) in [6, 6.07) is 15.5. The van der Waals surface area contributed by atoms with Gasteiger partial charge in [0.1, 0.15) is 17.2 Å². The fourth-order valence-corrected chi connectivity index (χ4v) is 1.94. The summed E-state index contributed by atoms with van der Waals surface area (Å²) in [5.41, 5.74) is 6.95. The summed E-state index contributed by atoms with van der Waals surface area (Å²) in [5, 5.41) is 0. The van der Waals surface area contributed by atoms with E-state index in [-0.39, 0.29) is 24.0 Å². The normalized spacial score (nSPS) is 10.7. The second-order valence-corrected chi connectivity index (χ2v) is 5.31. The molecule has 2 N–H and O–H groups in total. The number of nitrogens with two attached hydrogens (primary N) is 1. The Kier molecular flexibility index (Phi) is 8.39. The Morgan fingerprint density at radius 2 is 1.46 bits per heavy atom. The molecule has 0 amide bonds. The summed E-state index contributed by atoms with van der Waals surface area (Å²) >= 11 is 0. The van der Waals surface area contributed by atoms with Crippen LogP contribution in [0.2, 0.25) is 0 Å². The van der Waals surface area contributed by atoms with E-state index in [2.05, 4.69) is 4.99 Å². The molecule has 24 heavy (non-hydrogen) atoms. The van der Waals surface area contributed by atoms with Crippen LogP contribution < -0.4 is 15.2 Å². The summed E-state index contributed by atoms with van der Waals surface area (Å²) in [4.78, 5) is 6.10. The number of nitrogens with zero attached hydrogens (tertiary/aromatic N) is 2. The van der Waals surface area contributed by atoms with Crippen LogP contribution in [0.15, 0.2) is 53.5 Å². The van der Waals surface area contributed by atoms with Gasteiger partial charge in [0.05, 0.1) is 7.11 Å². The Hall–Kier alpha value is -1.96. The lowest BCUT2D eigenvalue weighted by Gasteiger charge is -2.10. The third-order valence-corrected chi connectivity index (χ3v) is 3.35. The number of methoxy groups -OCH3 is 1. The summed E-state index contributed by atoms with van der Waals surface area (Å²) < 4.78 is 10.9. The zero-order valence-corrected chi connectivity index (χ0v) is 16.6. The molecule has 2 rings (SSSR count). The van der Waals surface area contributed by atoms with Crippen molar-refractivity contribution in [3.63, 3.8) is 0 Å². The molecule has 0 spiro atoms. The van der Waals surface area contributed by atoms with Gasteiger partial charge in [-0.2, -0.15) is 0 Å². The quantitative estimate of drug-likeness (QED) is 0.424. The molecule has 0 aromatic heterocycles. The zero-order valence-electron chi connectivity index (χ0n) is 14.2. The topological polar surface area (TPSA) is 60.1 Å². The lowest BCUT2D eigenvalue weighted by Crippen LogP contribution is -2.30. The third kappa shape index (κ3) is 6.27. The number of guanidine groups is 1. The van der Waals surface area contributed by atoms with Crippen molar-refractivity contribution in [3.05, 3.63) is 54.1 Å². The Morgan fingerprint density at radius 3 is 1.96 bits per heavy atom. The molecule has 5 nitrogen and oxygen atoms in total. The van der Waals surface area contributed by atoms with Gasteiger partial charge in [-0.3, -0.25) is 4.99 Å². The first-order valence-corrected chi connectivity index (χ1v) is 7.46. The number of hydrogen-bond acceptors (Lipinski definition) is 3. The molecule has 0 bridgehead atoms. The molecule has 0 fully saturated rings. The minimum atomic E-state index is 0. The molecule has 0 aliphatic heterocycles. The van der Waals surface area contributed by atoms with Gasteiger partial charge < -0.3 is 20.1 Å². The van der Waals surface area contributed by atoms with E-state index in [9.17, 15) is 0 Å². The number of aliphatic imine (C=N–C) groups is 1. The third-order valence-electron chi connectivity index (χ3n) is 3.35. The van der Waals surface area contributed by atoms with Gasteiger partial charge in [-0.25, -0.2) is 0 Å². The lowest BCUT2D eigenvalue weighted by atomic mass is 10.1. The number of hydrogen-bond donors (Lipinski definition) is 1. The van der Waals surface area contributed by atoms with Crippen LogP contribution in [0.5, 0.6) is 17.2 Å². The number of ether oxygens (including phenoxy) is 2. The lowest BCUT2D eigenvalue weighted by molar-refractivity contribution is 0.413. The van der Waals surface area contributed by atoms with Crippen molar-refractivity contribution >= 4 is 29.9 Å². The van der Waals surface area contributed by atoms with E-state index in [4.69, 9.17) is 15.2 Å². The average molecular weight is 441 g/mol. The van der Waals surface area contributed by atoms with E-state index in [0.717, 1.165) is 23.7 Å². The van der Waals surface area contributed by atoms with Crippen LogP contribution in [-0.4, -0.2) is 38.6 Å². The monoisotopic (exact) mass is 441 g/mol. The van der Waals surface area contributed by atoms with Gasteiger partial charge in [-0.15, -0.1) is 24.0 Å². The smallest absolute Gasteiger partial charge is 0.190 e. The molecule has 2 aromatic rings. The number of benzene rings is 2. The van der Waals surface area contributed by atoms with Crippen LogP contribution in [0.1, 0.15) is 5.56 Å². The van der Waals surface area contributed by atoms with Crippen molar-refractivity contribution in [3.8, 4) is 17.2 Å². The standard InChI is InChI=1S/C18H23N3O2.HI/c1-21(2)18(19)20-13-12-14-4-6-16(7-5-14)23-17-10-8-15(22-3)9-11-17;/h4-11H,12-13H2,1-3H3,(H2,19,20);1H. The first-order valence-electron chi connectivity index (χ1n) is 7.46. The molecule has 0 heterocycles. The molecular formula is C18H24IN3O2. The minimum absolute atomic E-state index is 0. The number of rotatable bonds is 6. The van der Waals surface area contributed by atoms with Gasteiger partial charge in [0.2, 0.25) is 0 Å². The Balaban J connectivity index is 0.00000288. The maximum atomic E-state index is 5.80. The van der Waals surface area contributed by atoms with Crippen molar-refractivity contribution in [1.82, 2.24) is 4.90 Å². The van der Waals surface area contributed by atoms with Crippen molar-refractivity contribution in [2.24, 2.45) is 10.7 Å². The predicted octanol–water partition coefficient (Wildman–Crippen LogP) is 3.52. The highest BCUT2D eigenvalue weighted by Gasteiger charge is 2.00. The van der Waals surface area contributed by atoms with Crippen molar-refractivity contribution in [2.75, 3.05) is 27.7 Å². The second kappa shape index (κ2) is 10.0. The summed E-state index contributed by atoms with van der Waals surface area (Å²) in [6.45, 7) is 0.669. The van der Waals surface area contributed by atoms with Crippen LogP contribution in [0.4, 0.5) is 0 Å². The molecule has 0 aliphatic carbocycles. The van der Waals surface area contributed by atoms with Crippen LogP contribution in [0.25, 0.3) is 0 Å². The summed E-state index contributed by atoms with van der Waals surface area (Å²) in [5.74, 6) is 2.94. The Bertz CT molecular complexity index is 640. The summed E-state index contributed by atoms with van der Waals surface area (Å²) in [6.07, 6.45) is 0.845. The molecule has 0 unspecified atom stereocenters. The predicted molar refractivity (Wildman–Crippen MR) is 109 cm³/mol. The zero-order chi connectivity index (χ0) is 16.7. The van der Waals surface area contributed by atoms with E-state index >= 15 is 0 Å². The highest BCUT2D eigenvalue weighted by Crippen LogP contribution is 2.24. The van der Waals surface area contributed by atoms with Crippen molar-refractivity contribution < 1.29 is 9.47 Å². The maximum Gasteiger partial charge on any atom is 0.190 e. The fourth-order valence-electron chi connectivity index (χ4n) is 1.94. The highest BCUT2D eigenvalue weighted by molar-refractivity contribution is 14.0. The average Bonchev–Trinajstić information content (AvgIpc) is 2.57. The van der Waals surface area contributed by atoms with Crippen LogP contribution in [-0.2, 0) is 6.42 Å². The second-order valence-electron chi connectivity index (χ2n) is 5.31. The molecular weight excluding hydrogens is 417 g/mol. The molecule has 130 valence electrons. The minimum Gasteiger partial charge on any atom is -0.497 e. The first kappa shape index (κ1) is 20.1. The van der Waals surface area contributed by atoms with E-state index in [1.165, 1.54) is 5.56 Å². The SMILES string of the molecule is COc1ccc(Oc2ccc(CCN=C(N)N(C)C)cc2)cc1.I. The van der Waals surface area contributed by atoms with Gasteiger partial charge in [0, 0.05) is 20.6 Å². The highest BCUT2D eigenvalue weighted by atomic mass is 127. The van der Waals surface area contributed by atoms with Gasteiger partial charge in [0.15, 0.2) is 5.96 Å². The fraction of sp³-hybridized carbons (Fsp3) is 0.278. The largest absolute Gasteiger partial charge is 0.497 e. The van der Waals surface area contributed by atoms with E-state index < -0.39 is 0 Å². The van der Waals surface area contributed by atoms with Crippen LogP contribution >= 0.6 is 24.0 Å². The molecule has 0 saturated carbocycles. The molecule has 6 heteroatoms. The van der Waals surface area contributed by atoms with Gasteiger partial charge in [-0.1, -0.05) is 12.1 Å². The van der Waals surface area contributed by atoms with Crippen molar-refractivity contribution in [2.45, 2.75) is 6.42 Å². The van der Waals surface area contributed by atoms with Crippen LogP contribution in [0, 0.1) is 0 Å². The molecule has 0 atom stereocenters. The van der Waals surface area contributed by atoms with E-state index in [0.29, 0.717) is 12.5 Å². The maximum absolute atomic E-state index is 5.80. The molecule has 0 saturated heterocycles. The molecule has 0 aliphatic rings. The first-order chi connectivity index (χ1) is 11.1. The Labute approximate surface area is 160 Å².